The van der Waals surface area contributed by atoms with Crippen LogP contribution in [-0.2, 0) is 19.0 Å². The van der Waals surface area contributed by atoms with Crippen molar-refractivity contribution in [1.29, 1.82) is 0 Å². The van der Waals surface area contributed by atoms with Crippen molar-refractivity contribution in [2.45, 2.75) is 38.0 Å². The van der Waals surface area contributed by atoms with Gasteiger partial charge in [0.2, 0.25) is 0 Å². The summed E-state index contributed by atoms with van der Waals surface area (Å²) >= 11 is 0. The number of rotatable bonds is 10. The van der Waals surface area contributed by atoms with Gasteiger partial charge in [0, 0.05) is 13.2 Å². The van der Waals surface area contributed by atoms with E-state index in [1.165, 1.54) is 12.1 Å². The summed E-state index contributed by atoms with van der Waals surface area (Å²) in [7, 11) is -3.61. The van der Waals surface area contributed by atoms with Gasteiger partial charge in [0.25, 0.3) is 10.1 Å². The number of unbranched alkanes of at least 4 members (excludes halogenated alkanes) is 1. The first-order valence-corrected chi connectivity index (χ1v) is 8.45. The van der Waals surface area contributed by atoms with Gasteiger partial charge in [-0.1, -0.05) is 32.0 Å². The molecule has 0 aliphatic heterocycles. The number of ether oxygens (including phenoxy) is 1. The van der Waals surface area contributed by atoms with Gasteiger partial charge in [-0.15, -0.1) is 0 Å². The first-order valence-electron chi connectivity index (χ1n) is 7.04. The zero-order valence-corrected chi connectivity index (χ0v) is 13.1. The Bertz CT molecular complexity index is 454. The first-order chi connectivity index (χ1) is 9.52. The lowest BCUT2D eigenvalue weighted by molar-refractivity contribution is 0.117. The Hall–Kier alpha value is -0.910. The maximum absolute atomic E-state index is 11.8. The summed E-state index contributed by atoms with van der Waals surface area (Å²) in [5, 5.41) is 0. The van der Waals surface area contributed by atoms with Crippen LogP contribution >= 0.6 is 0 Å². The van der Waals surface area contributed by atoms with E-state index in [9.17, 15) is 8.42 Å². The summed E-state index contributed by atoms with van der Waals surface area (Å²) in [6.07, 6.45) is 2.54. The number of benzene rings is 1. The molecule has 0 bridgehead atoms. The van der Waals surface area contributed by atoms with Crippen LogP contribution in [0.1, 0.15) is 33.1 Å². The normalized spacial score (nSPS) is 11.9. The Balaban J connectivity index is 2.12. The van der Waals surface area contributed by atoms with E-state index in [0.717, 1.165) is 19.4 Å². The summed E-state index contributed by atoms with van der Waals surface area (Å²) in [4.78, 5) is 0.202. The predicted molar refractivity (Wildman–Crippen MR) is 79.1 cm³/mol. The largest absolute Gasteiger partial charge is 0.381 e. The van der Waals surface area contributed by atoms with Crippen LogP contribution in [0, 0.1) is 5.92 Å². The molecule has 0 aliphatic carbocycles. The second-order valence-corrected chi connectivity index (χ2v) is 6.71. The summed E-state index contributed by atoms with van der Waals surface area (Å²) in [6, 6.07) is 8.19. The van der Waals surface area contributed by atoms with Crippen LogP contribution in [0.25, 0.3) is 0 Å². The SMILES string of the molecule is CC(C)CCOCCCCOS(=O)(=O)c1ccccc1. The predicted octanol–water partition coefficient (Wildman–Crippen LogP) is 3.23. The van der Waals surface area contributed by atoms with E-state index in [1.807, 2.05) is 0 Å². The maximum Gasteiger partial charge on any atom is 0.296 e. The summed E-state index contributed by atoms with van der Waals surface area (Å²) in [5.74, 6) is 0.648. The van der Waals surface area contributed by atoms with Gasteiger partial charge in [0.15, 0.2) is 0 Å². The standard InChI is InChI=1S/C15H24O4S/c1-14(2)10-13-18-11-6-7-12-19-20(16,17)15-8-4-3-5-9-15/h3-5,8-9,14H,6-7,10-13H2,1-2H3. The third-order valence-corrected chi connectivity index (χ3v) is 4.12. The van der Waals surface area contributed by atoms with Gasteiger partial charge in [-0.3, -0.25) is 4.18 Å². The molecule has 0 amide bonds. The van der Waals surface area contributed by atoms with Crippen LogP contribution < -0.4 is 0 Å². The quantitative estimate of drug-likeness (QED) is 0.492. The van der Waals surface area contributed by atoms with Gasteiger partial charge in [-0.25, -0.2) is 0 Å². The molecule has 5 heteroatoms. The minimum absolute atomic E-state index is 0.199. The van der Waals surface area contributed by atoms with E-state index in [0.29, 0.717) is 18.9 Å². The second-order valence-electron chi connectivity index (χ2n) is 5.09. The van der Waals surface area contributed by atoms with Gasteiger partial charge in [-0.05, 0) is 37.3 Å². The van der Waals surface area contributed by atoms with Crippen LogP contribution in [0.4, 0.5) is 0 Å². The molecule has 0 fully saturated rings. The number of hydrogen-bond acceptors (Lipinski definition) is 4. The third-order valence-electron chi connectivity index (χ3n) is 2.79. The van der Waals surface area contributed by atoms with Crippen LogP contribution in [0.5, 0.6) is 0 Å². The molecular formula is C15H24O4S. The van der Waals surface area contributed by atoms with E-state index >= 15 is 0 Å². The van der Waals surface area contributed by atoms with E-state index in [4.69, 9.17) is 8.92 Å². The topological polar surface area (TPSA) is 52.6 Å². The van der Waals surface area contributed by atoms with Crippen molar-refractivity contribution in [2.24, 2.45) is 5.92 Å². The molecule has 0 atom stereocenters. The Morgan fingerprint density at radius 1 is 1.00 bits per heavy atom. The van der Waals surface area contributed by atoms with Gasteiger partial charge >= 0.3 is 0 Å². The highest BCUT2D eigenvalue weighted by Gasteiger charge is 2.13. The molecule has 0 saturated carbocycles. The monoisotopic (exact) mass is 300 g/mol. The molecule has 4 nitrogen and oxygen atoms in total. The summed E-state index contributed by atoms with van der Waals surface area (Å²) in [6.45, 7) is 5.93. The molecule has 0 spiro atoms. The van der Waals surface area contributed by atoms with Crippen molar-refractivity contribution in [3.8, 4) is 0 Å². The molecule has 1 aromatic rings. The van der Waals surface area contributed by atoms with E-state index < -0.39 is 10.1 Å². The smallest absolute Gasteiger partial charge is 0.296 e. The molecule has 0 heterocycles. The molecule has 114 valence electrons. The minimum atomic E-state index is -3.61. The Morgan fingerprint density at radius 2 is 1.65 bits per heavy atom. The zero-order chi connectivity index (χ0) is 14.8. The molecule has 0 radical (unpaired) electrons. The molecular weight excluding hydrogens is 276 g/mol. The highest BCUT2D eigenvalue weighted by molar-refractivity contribution is 7.86. The Kier molecular flexibility index (Phi) is 7.80. The lowest BCUT2D eigenvalue weighted by Crippen LogP contribution is -2.08. The summed E-state index contributed by atoms with van der Waals surface area (Å²) in [5.41, 5.74) is 0. The fourth-order valence-electron chi connectivity index (χ4n) is 1.55. The van der Waals surface area contributed by atoms with Crippen molar-refractivity contribution >= 4 is 10.1 Å². The highest BCUT2D eigenvalue weighted by atomic mass is 32.2. The average Bonchev–Trinajstić information content (AvgIpc) is 2.42. The van der Waals surface area contributed by atoms with Gasteiger partial charge in [0.05, 0.1) is 11.5 Å². The molecule has 0 unspecified atom stereocenters. The van der Waals surface area contributed by atoms with E-state index in [2.05, 4.69) is 13.8 Å². The molecule has 0 N–H and O–H groups in total. The van der Waals surface area contributed by atoms with Gasteiger partial charge in [-0.2, -0.15) is 8.42 Å². The van der Waals surface area contributed by atoms with Crippen molar-refractivity contribution in [2.75, 3.05) is 19.8 Å². The van der Waals surface area contributed by atoms with Crippen molar-refractivity contribution in [3.63, 3.8) is 0 Å². The van der Waals surface area contributed by atoms with Crippen LogP contribution in [0.2, 0.25) is 0 Å². The van der Waals surface area contributed by atoms with Crippen molar-refractivity contribution in [3.05, 3.63) is 30.3 Å². The molecule has 0 saturated heterocycles. The molecule has 0 aromatic heterocycles. The first kappa shape index (κ1) is 17.1. The minimum Gasteiger partial charge on any atom is -0.381 e. The fraction of sp³-hybridized carbons (Fsp3) is 0.600. The van der Waals surface area contributed by atoms with E-state index in [-0.39, 0.29) is 11.5 Å². The maximum atomic E-state index is 11.8. The Morgan fingerprint density at radius 3 is 2.30 bits per heavy atom. The highest BCUT2D eigenvalue weighted by Crippen LogP contribution is 2.11. The van der Waals surface area contributed by atoms with E-state index in [1.54, 1.807) is 18.2 Å². The molecule has 1 rings (SSSR count). The molecule has 1 aromatic carbocycles. The number of hydrogen-bond donors (Lipinski definition) is 0. The second kappa shape index (κ2) is 9.10. The lowest BCUT2D eigenvalue weighted by Gasteiger charge is -2.07. The Labute approximate surface area is 122 Å². The zero-order valence-electron chi connectivity index (χ0n) is 12.2. The van der Waals surface area contributed by atoms with Gasteiger partial charge < -0.3 is 4.74 Å². The van der Waals surface area contributed by atoms with Crippen molar-refractivity contribution < 1.29 is 17.3 Å². The lowest BCUT2D eigenvalue weighted by atomic mass is 10.1. The molecule has 20 heavy (non-hydrogen) atoms. The van der Waals surface area contributed by atoms with Crippen LogP contribution in [0.15, 0.2) is 35.2 Å². The van der Waals surface area contributed by atoms with Crippen LogP contribution in [0.3, 0.4) is 0 Å². The van der Waals surface area contributed by atoms with Gasteiger partial charge in [0.1, 0.15) is 0 Å². The summed E-state index contributed by atoms with van der Waals surface area (Å²) < 4.78 is 34.0. The third kappa shape index (κ3) is 7.03. The average molecular weight is 300 g/mol. The van der Waals surface area contributed by atoms with Crippen LogP contribution in [-0.4, -0.2) is 28.2 Å². The van der Waals surface area contributed by atoms with Crippen molar-refractivity contribution in [1.82, 2.24) is 0 Å². The molecule has 0 aliphatic rings. The fourth-order valence-corrected chi connectivity index (χ4v) is 2.51.